The first-order valence-corrected chi connectivity index (χ1v) is 7.64. The summed E-state index contributed by atoms with van der Waals surface area (Å²) in [6.45, 7) is 3.87. The summed E-state index contributed by atoms with van der Waals surface area (Å²) < 4.78 is 26.3. The van der Waals surface area contributed by atoms with Crippen molar-refractivity contribution in [3.8, 4) is 0 Å². The highest BCUT2D eigenvalue weighted by molar-refractivity contribution is 7.89. The maximum Gasteiger partial charge on any atom is 0.244 e. The summed E-state index contributed by atoms with van der Waals surface area (Å²) in [7, 11) is -3.87. The Kier molecular flexibility index (Phi) is 5.71. The van der Waals surface area contributed by atoms with Crippen LogP contribution in [0.4, 0.5) is 0 Å². The topological polar surface area (TPSA) is 88.2 Å². The second-order valence-corrected chi connectivity index (χ2v) is 6.03. The van der Waals surface area contributed by atoms with Crippen LogP contribution in [0.2, 0.25) is 5.02 Å². The van der Waals surface area contributed by atoms with Gasteiger partial charge >= 0.3 is 0 Å². The Balaban J connectivity index is 2.81. The van der Waals surface area contributed by atoms with Crippen LogP contribution >= 0.6 is 11.6 Å². The van der Waals surface area contributed by atoms with E-state index in [1.165, 1.54) is 19.2 Å². The first-order valence-electron chi connectivity index (χ1n) is 5.78. The fourth-order valence-corrected chi connectivity index (χ4v) is 2.95. The quantitative estimate of drug-likeness (QED) is 0.818. The minimum atomic E-state index is -3.87. The van der Waals surface area contributed by atoms with Gasteiger partial charge in [0.15, 0.2) is 0 Å². The molecular weight excluding hydrogens is 290 g/mol. The molecule has 1 amide bonds. The SMILES string of the molecule is CCCNC(=O)C(C)NS(=O)(=O)c1cnccc1Cl. The number of hydrogen-bond acceptors (Lipinski definition) is 4. The molecule has 1 aromatic heterocycles. The van der Waals surface area contributed by atoms with Gasteiger partial charge in [-0.25, -0.2) is 8.42 Å². The van der Waals surface area contributed by atoms with Crippen LogP contribution in [0.25, 0.3) is 0 Å². The van der Waals surface area contributed by atoms with Crippen LogP contribution in [-0.4, -0.2) is 31.9 Å². The minimum absolute atomic E-state index is 0.0590. The molecule has 0 aliphatic rings. The number of nitrogens with one attached hydrogen (secondary N) is 2. The third-order valence-corrected chi connectivity index (χ3v) is 4.31. The average molecular weight is 306 g/mol. The summed E-state index contributed by atoms with van der Waals surface area (Å²) in [5.41, 5.74) is 0. The predicted octanol–water partition coefficient (Wildman–Crippen LogP) is 0.928. The molecule has 19 heavy (non-hydrogen) atoms. The number of nitrogens with zero attached hydrogens (tertiary/aromatic N) is 1. The van der Waals surface area contributed by atoms with E-state index in [1.807, 2.05) is 6.92 Å². The lowest BCUT2D eigenvalue weighted by molar-refractivity contribution is -0.122. The molecule has 1 atom stereocenters. The average Bonchev–Trinajstić information content (AvgIpc) is 2.35. The Morgan fingerprint density at radius 1 is 1.53 bits per heavy atom. The van der Waals surface area contributed by atoms with Gasteiger partial charge in [-0.3, -0.25) is 9.78 Å². The zero-order chi connectivity index (χ0) is 14.5. The van der Waals surface area contributed by atoms with Crippen molar-refractivity contribution < 1.29 is 13.2 Å². The first kappa shape index (κ1) is 15.9. The van der Waals surface area contributed by atoms with Crippen molar-refractivity contribution in [1.82, 2.24) is 15.0 Å². The number of rotatable bonds is 6. The fourth-order valence-electron chi connectivity index (χ4n) is 1.31. The number of amides is 1. The molecule has 0 aromatic carbocycles. The van der Waals surface area contributed by atoms with Gasteiger partial charge in [-0.15, -0.1) is 0 Å². The summed E-state index contributed by atoms with van der Waals surface area (Å²) in [4.78, 5) is 15.2. The third-order valence-electron chi connectivity index (χ3n) is 2.30. The van der Waals surface area contributed by atoms with Crippen molar-refractivity contribution in [3.05, 3.63) is 23.5 Å². The lowest BCUT2D eigenvalue weighted by Crippen LogP contribution is -2.44. The van der Waals surface area contributed by atoms with E-state index in [9.17, 15) is 13.2 Å². The molecule has 0 aliphatic heterocycles. The Labute approximate surface area is 117 Å². The summed E-state index contributed by atoms with van der Waals surface area (Å²) in [5, 5.41) is 2.67. The Hall–Kier alpha value is -1.18. The van der Waals surface area contributed by atoms with E-state index in [0.717, 1.165) is 12.6 Å². The second-order valence-electron chi connectivity index (χ2n) is 3.94. The molecule has 0 saturated carbocycles. The van der Waals surface area contributed by atoms with Gasteiger partial charge in [-0.05, 0) is 19.4 Å². The lowest BCUT2D eigenvalue weighted by Gasteiger charge is -2.14. The van der Waals surface area contributed by atoms with Gasteiger partial charge in [0.25, 0.3) is 0 Å². The van der Waals surface area contributed by atoms with E-state index >= 15 is 0 Å². The first-order chi connectivity index (χ1) is 8.88. The molecule has 1 heterocycles. The normalized spacial score (nSPS) is 13.0. The number of halogens is 1. The van der Waals surface area contributed by atoms with Crippen LogP contribution in [0, 0.1) is 0 Å². The number of pyridine rings is 1. The zero-order valence-corrected chi connectivity index (χ0v) is 12.3. The molecule has 0 radical (unpaired) electrons. The second kappa shape index (κ2) is 6.83. The zero-order valence-electron chi connectivity index (χ0n) is 10.7. The van der Waals surface area contributed by atoms with Crippen molar-refractivity contribution in [2.45, 2.75) is 31.2 Å². The third kappa shape index (κ3) is 4.45. The molecule has 6 nitrogen and oxygen atoms in total. The van der Waals surface area contributed by atoms with Crippen molar-refractivity contribution in [2.75, 3.05) is 6.54 Å². The van der Waals surface area contributed by atoms with Gasteiger partial charge in [0, 0.05) is 18.9 Å². The summed E-state index contributed by atoms with van der Waals surface area (Å²) in [6.07, 6.45) is 3.31. The largest absolute Gasteiger partial charge is 0.355 e. The smallest absolute Gasteiger partial charge is 0.244 e. The minimum Gasteiger partial charge on any atom is -0.355 e. The van der Waals surface area contributed by atoms with Gasteiger partial charge < -0.3 is 5.32 Å². The molecule has 2 N–H and O–H groups in total. The van der Waals surface area contributed by atoms with Crippen LogP contribution in [0.15, 0.2) is 23.4 Å². The van der Waals surface area contributed by atoms with E-state index in [4.69, 9.17) is 11.6 Å². The fraction of sp³-hybridized carbons (Fsp3) is 0.455. The standard InChI is InChI=1S/C11H16ClN3O3S/c1-3-5-14-11(16)8(2)15-19(17,18)10-7-13-6-4-9(10)12/h4,6-8,15H,3,5H2,1-2H3,(H,14,16). The van der Waals surface area contributed by atoms with Crippen LogP contribution < -0.4 is 10.0 Å². The number of carbonyl (C=O) groups is 1. The monoisotopic (exact) mass is 305 g/mol. The molecule has 0 saturated heterocycles. The van der Waals surface area contributed by atoms with E-state index in [0.29, 0.717) is 6.54 Å². The molecule has 1 rings (SSSR count). The number of hydrogen-bond donors (Lipinski definition) is 2. The molecule has 0 aliphatic carbocycles. The maximum absolute atomic E-state index is 12.0. The number of aromatic nitrogens is 1. The van der Waals surface area contributed by atoms with Crippen molar-refractivity contribution >= 4 is 27.5 Å². The summed E-state index contributed by atoms with van der Waals surface area (Å²) >= 11 is 5.80. The van der Waals surface area contributed by atoms with Gasteiger partial charge in [0.05, 0.1) is 11.1 Å². The van der Waals surface area contributed by atoms with E-state index < -0.39 is 16.1 Å². The molecule has 106 valence electrons. The highest BCUT2D eigenvalue weighted by atomic mass is 35.5. The van der Waals surface area contributed by atoms with Gasteiger partial charge in [0.1, 0.15) is 4.90 Å². The number of carbonyl (C=O) groups excluding carboxylic acids is 1. The van der Waals surface area contributed by atoms with Gasteiger partial charge in [-0.2, -0.15) is 4.72 Å². The molecule has 0 bridgehead atoms. The summed E-state index contributed by atoms with van der Waals surface area (Å²) in [6, 6.07) is 0.491. The molecule has 1 unspecified atom stereocenters. The lowest BCUT2D eigenvalue weighted by atomic mass is 10.3. The van der Waals surface area contributed by atoms with Crippen molar-refractivity contribution in [3.63, 3.8) is 0 Å². The van der Waals surface area contributed by atoms with Crippen molar-refractivity contribution in [1.29, 1.82) is 0 Å². The molecule has 1 aromatic rings. The maximum atomic E-state index is 12.0. The molecule has 0 fully saturated rings. The van der Waals surface area contributed by atoms with Crippen LogP contribution in [-0.2, 0) is 14.8 Å². The van der Waals surface area contributed by atoms with Crippen LogP contribution in [0.1, 0.15) is 20.3 Å². The Morgan fingerprint density at radius 2 is 2.21 bits per heavy atom. The van der Waals surface area contributed by atoms with E-state index in [2.05, 4.69) is 15.0 Å². The highest BCUT2D eigenvalue weighted by Gasteiger charge is 2.23. The Bertz CT molecular complexity index is 548. The van der Waals surface area contributed by atoms with Crippen LogP contribution in [0.3, 0.4) is 0 Å². The van der Waals surface area contributed by atoms with E-state index in [-0.39, 0.29) is 15.8 Å². The van der Waals surface area contributed by atoms with Gasteiger partial charge in [-0.1, -0.05) is 18.5 Å². The van der Waals surface area contributed by atoms with E-state index in [1.54, 1.807) is 0 Å². The number of sulfonamides is 1. The Morgan fingerprint density at radius 3 is 2.79 bits per heavy atom. The molecular formula is C11H16ClN3O3S. The van der Waals surface area contributed by atoms with Crippen molar-refractivity contribution in [2.24, 2.45) is 0 Å². The van der Waals surface area contributed by atoms with Crippen LogP contribution in [0.5, 0.6) is 0 Å². The summed E-state index contributed by atoms with van der Waals surface area (Å²) in [5.74, 6) is -0.384. The predicted molar refractivity (Wildman–Crippen MR) is 72.3 cm³/mol. The highest BCUT2D eigenvalue weighted by Crippen LogP contribution is 2.19. The molecule has 0 spiro atoms. The van der Waals surface area contributed by atoms with Gasteiger partial charge in [0.2, 0.25) is 15.9 Å². The molecule has 8 heteroatoms.